The molecule has 0 radical (unpaired) electrons. The van der Waals surface area contributed by atoms with Gasteiger partial charge in [0.2, 0.25) is 0 Å². The van der Waals surface area contributed by atoms with Crippen LogP contribution in [0.15, 0.2) is 18.2 Å². The summed E-state index contributed by atoms with van der Waals surface area (Å²) in [6, 6.07) is 5.29. The number of carboxylic acid groups (broad SMARTS) is 1. The van der Waals surface area contributed by atoms with Gasteiger partial charge in [-0.15, -0.1) is 0 Å². The van der Waals surface area contributed by atoms with Gasteiger partial charge in [-0.1, -0.05) is 23.7 Å². The fraction of sp³-hybridized carbons (Fsp3) is 0.385. The number of rotatable bonds is 2. The number of amides is 1. The van der Waals surface area contributed by atoms with Crippen LogP contribution in [0.25, 0.3) is 0 Å². The van der Waals surface area contributed by atoms with Gasteiger partial charge in [-0.3, -0.25) is 9.59 Å². The van der Waals surface area contributed by atoms with Gasteiger partial charge in [-0.05, 0) is 25.0 Å². The zero-order valence-electron chi connectivity index (χ0n) is 10.0. The maximum Gasteiger partial charge on any atom is 0.308 e. The van der Waals surface area contributed by atoms with Gasteiger partial charge in [0.05, 0.1) is 16.5 Å². The first-order valence-corrected chi connectivity index (χ1v) is 6.15. The summed E-state index contributed by atoms with van der Waals surface area (Å²) in [5, 5.41) is 9.36. The molecule has 5 heteroatoms. The third kappa shape index (κ3) is 2.34. The van der Waals surface area contributed by atoms with E-state index in [1.54, 1.807) is 17.0 Å². The first kappa shape index (κ1) is 12.9. The number of likely N-dealkylation sites (tertiary alicyclic amines) is 1. The van der Waals surface area contributed by atoms with Crippen molar-refractivity contribution < 1.29 is 14.7 Å². The van der Waals surface area contributed by atoms with Crippen LogP contribution >= 0.6 is 11.6 Å². The third-order valence-corrected chi connectivity index (χ3v) is 3.75. The zero-order valence-corrected chi connectivity index (χ0v) is 10.8. The lowest BCUT2D eigenvalue weighted by Gasteiger charge is -2.17. The van der Waals surface area contributed by atoms with Crippen LogP contribution in [0.5, 0.6) is 0 Å². The van der Waals surface area contributed by atoms with E-state index in [1.165, 1.54) is 0 Å². The van der Waals surface area contributed by atoms with Gasteiger partial charge in [0.15, 0.2) is 0 Å². The topological polar surface area (TPSA) is 57.6 Å². The highest BCUT2D eigenvalue weighted by Gasteiger charge is 2.31. The molecule has 0 bridgehead atoms. The second-order valence-corrected chi connectivity index (χ2v) is 4.89. The molecular weight excluding hydrogens is 254 g/mol. The van der Waals surface area contributed by atoms with E-state index >= 15 is 0 Å². The summed E-state index contributed by atoms with van der Waals surface area (Å²) in [7, 11) is 0. The summed E-state index contributed by atoms with van der Waals surface area (Å²) in [4.78, 5) is 24.7. The summed E-state index contributed by atoms with van der Waals surface area (Å²) < 4.78 is 0. The largest absolute Gasteiger partial charge is 0.481 e. The lowest BCUT2D eigenvalue weighted by Crippen LogP contribution is -2.30. The van der Waals surface area contributed by atoms with Gasteiger partial charge in [-0.25, -0.2) is 0 Å². The fourth-order valence-electron chi connectivity index (χ4n) is 2.13. The first-order chi connectivity index (χ1) is 8.50. The van der Waals surface area contributed by atoms with Crippen molar-refractivity contribution in [2.24, 2.45) is 5.92 Å². The molecule has 1 fully saturated rings. The Bertz CT molecular complexity index is 501. The molecule has 1 aliphatic rings. The zero-order chi connectivity index (χ0) is 13.3. The summed E-state index contributed by atoms with van der Waals surface area (Å²) in [6.45, 7) is 2.57. The summed E-state index contributed by atoms with van der Waals surface area (Å²) >= 11 is 6.10. The molecule has 1 amide bonds. The van der Waals surface area contributed by atoms with Crippen LogP contribution in [0, 0.1) is 12.8 Å². The molecule has 0 saturated carbocycles. The van der Waals surface area contributed by atoms with Gasteiger partial charge in [0.1, 0.15) is 0 Å². The van der Waals surface area contributed by atoms with Crippen LogP contribution in [0.2, 0.25) is 5.02 Å². The predicted molar refractivity (Wildman–Crippen MR) is 67.8 cm³/mol. The number of aliphatic carboxylic acids is 1. The lowest BCUT2D eigenvalue weighted by molar-refractivity contribution is -0.141. The quantitative estimate of drug-likeness (QED) is 0.894. The summed E-state index contributed by atoms with van der Waals surface area (Å²) in [6.07, 6.45) is 0.504. The molecule has 1 aromatic rings. The van der Waals surface area contributed by atoms with E-state index in [9.17, 15) is 9.59 Å². The number of carboxylic acids is 1. The molecular formula is C13H14ClNO3. The maximum absolute atomic E-state index is 12.2. The molecule has 2 rings (SSSR count). The minimum Gasteiger partial charge on any atom is -0.481 e. The van der Waals surface area contributed by atoms with E-state index in [0.29, 0.717) is 23.6 Å². The highest BCUT2D eigenvalue weighted by molar-refractivity contribution is 6.34. The molecule has 96 valence electrons. The van der Waals surface area contributed by atoms with Crippen molar-refractivity contribution in [2.75, 3.05) is 13.1 Å². The monoisotopic (exact) mass is 267 g/mol. The highest BCUT2D eigenvalue weighted by atomic mass is 35.5. The van der Waals surface area contributed by atoms with Gasteiger partial charge in [0.25, 0.3) is 5.91 Å². The van der Waals surface area contributed by atoms with Crippen LogP contribution in [-0.2, 0) is 4.79 Å². The highest BCUT2D eigenvalue weighted by Crippen LogP contribution is 2.25. The lowest BCUT2D eigenvalue weighted by atomic mass is 10.1. The van der Waals surface area contributed by atoms with Gasteiger partial charge >= 0.3 is 5.97 Å². The standard InChI is InChI=1S/C13H14ClNO3/c1-8-3-2-4-10(11(8)14)12(16)15-6-5-9(7-15)13(17)18/h2-4,9H,5-7H2,1H3,(H,17,18). The normalized spacial score (nSPS) is 19.0. The molecule has 0 aliphatic carbocycles. The van der Waals surface area contributed by atoms with Crippen LogP contribution < -0.4 is 0 Å². The third-order valence-electron chi connectivity index (χ3n) is 3.25. The number of hydrogen-bond donors (Lipinski definition) is 1. The van der Waals surface area contributed by atoms with Crippen LogP contribution in [0.4, 0.5) is 0 Å². The average Bonchev–Trinajstić information content (AvgIpc) is 2.81. The second kappa shape index (κ2) is 4.98. The average molecular weight is 268 g/mol. The Morgan fingerprint density at radius 1 is 1.44 bits per heavy atom. The Kier molecular flexibility index (Phi) is 3.57. The Hall–Kier alpha value is -1.55. The molecule has 1 N–H and O–H groups in total. The number of carbonyl (C=O) groups excluding carboxylic acids is 1. The minimum atomic E-state index is -0.847. The molecule has 1 heterocycles. The Morgan fingerprint density at radius 3 is 2.78 bits per heavy atom. The van der Waals surface area contributed by atoms with Crippen molar-refractivity contribution in [2.45, 2.75) is 13.3 Å². The molecule has 0 spiro atoms. The van der Waals surface area contributed by atoms with Crippen molar-refractivity contribution in [3.05, 3.63) is 34.3 Å². The minimum absolute atomic E-state index is 0.188. The molecule has 18 heavy (non-hydrogen) atoms. The van der Waals surface area contributed by atoms with Crippen molar-refractivity contribution in [1.29, 1.82) is 0 Å². The molecule has 0 aromatic heterocycles. The number of halogens is 1. The maximum atomic E-state index is 12.2. The Balaban J connectivity index is 2.18. The molecule has 1 unspecified atom stereocenters. The fourth-order valence-corrected chi connectivity index (χ4v) is 2.34. The van der Waals surface area contributed by atoms with E-state index in [0.717, 1.165) is 5.56 Å². The van der Waals surface area contributed by atoms with Gasteiger partial charge < -0.3 is 10.0 Å². The predicted octanol–water partition coefficient (Wildman–Crippen LogP) is 2.20. The molecule has 1 aromatic carbocycles. The molecule has 1 atom stereocenters. The van der Waals surface area contributed by atoms with Crippen LogP contribution in [0.1, 0.15) is 22.3 Å². The SMILES string of the molecule is Cc1cccc(C(=O)N2CCC(C(=O)O)C2)c1Cl. The van der Waals surface area contributed by atoms with Crippen LogP contribution in [-0.4, -0.2) is 35.0 Å². The Morgan fingerprint density at radius 2 is 2.17 bits per heavy atom. The number of carbonyl (C=O) groups is 2. The van der Waals surface area contributed by atoms with E-state index < -0.39 is 11.9 Å². The number of aryl methyl sites for hydroxylation is 1. The number of hydrogen-bond acceptors (Lipinski definition) is 2. The summed E-state index contributed by atoms with van der Waals surface area (Å²) in [5.74, 6) is -1.49. The van der Waals surface area contributed by atoms with Crippen LogP contribution in [0.3, 0.4) is 0 Å². The van der Waals surface area contributed by atoms with E-state index in [2.05, 4.69) is 0 Å². The van der Waals surface area contributed by atoms with Crippen molar-refractivity contribution in [1.82, 2.24) is 4.90 Å². The molecule has 1 saturated heterocycles. The number of benzene rings is 1. The van der Waals surface area contributed by atoms with Crippen molar-refractivity contribution in [3.8, 4) is 0 Å². The smallest absolute Gasteiger partial charge is 0.308 e. The van der Waals surface area contributed by atoms with E-state index in [4.69, 9.17) is 16.7 Å². The van der Waals surface area contributed by atoms with Gasteiger partial charge in [0, 0.05) is 13.1 Å². The van der Waals surface area contributed by atoms with Gasteiger partial charge in [-0.2, -0.15) is 0 Å². The first-order valence-electron chi connectivity index (χ1n) is 5.78. The summed E-state index contributed by atoms with van der Waals surface area (Å²) in [5.41, 5.74) is 1.29. The van der Waals surface area contributed by atoms with E-state index in [1.807, 2.05) is 13.0 Å². The van der Waals surface area contributed by atoms with E-state index in [-0.39, 0.29) is 12.5 Å². The molecule has 4 nitrogen and oxygen atoms in total. The van der Waals surface area contributed by atoms with Crippen molar-refractivity contribution in [3.63, 3.8) is 0 Å². The second-order valence-electron chi connectivity index (χ2n) is 4.51. The molecule has 1 aliphatic heterocycles. The number of nitrogens with zero attached hydrogens (tertiary/aromatic N) is 1. The Labute approximate surface area is 110 Å². The van der Waals surface area contributed by atoms with Crippen molar-refractivity contribution >= 4 is 23.5 Å².